The van der Waals surface area contributed by atoms with Crippen molar-refractivity contribution in [3.8, 4) is 0 Å². The zero-order chi connectivity index (χ0) is 13.9. The van der Waals surface area contributed by atoms with Crippen LogP contribution in [0.3, 0.4) is 0 Å². The maximum Gasteiger partial charge on any atom is 0.0355 e. The quantitative estimate of drug-likeness (QED) is 0.872. The standard InChI is InChI=1S/C17H28N2/c1-14(13-19-12-8-11-17(19,2)3)16(18-4)15-9-6-5-7-10-15/h5-7,9-10,14,16,18H,8,11-13H2,1-4H3. The highest BCUT2D eigenvalue weighted by atomic mass is 15.2. The van der Waals surface area contributed by atoms with E-state index in [2.05, 4.69) is 68.4 Å². The van der Waals surface area contributed by atoms with Gasteiger partial charge in [-0.05, 0) is 51.8 Å². The largest absolute Gasteiger partial charge is 0.313 e. The minimum atomic E-state index is 0.378. The lowest BCUT2D eigenvalue weighted by atomic mass is 9.92. The Morgan fingerprint density at radius 3 is 2.47 bits per heavy atom. The van der Waals surface area contributed by atoms with E-state index in [4.69, 9.17) is 0 Å². The first-order valence-corrected chi connectivity index (χ1v) is 7.52. The van der Waals surface area contributed by atoms with Crippen LogP contribution in [0.2, 0.25) is 0 Å². The van der Waals surface area contributed by atoms with Crippen LogP contribution in [0.1, 0.15) is 45.2 Å². The van der Waals surface area contributed by atoms with Gasteiger partial charge in [0.2, 0.25) is 0 Å². The lowest BCUT2D eigenvalue weighted by Gasteiger charge is -2.36. The van der Waals surface area contributed by atoms with Crippen molar-refractivity contribution >= 4 is 0 Å². The third-order valence-corrected chi connectivity index (χ3v) is 4.62. The Hall–Kier alpha value is -0.860. The third kappa shape index (κ3) is 3.37. The number of benzene rings is 1. The maximum absolute atomic E-state index is 3.49. The van der Waals surface area contributed by atoms with E-state index in [1.54, 1.807) is 0 Å². The number of likely N-dealkylation sites (tertiary alicyclic amines) is 1. The highest BCUT2D eigenvalue weighted by Gasteiger charge is 2.33. The molecule has 0 aliphatic carbocycles. The monoisotopic (exact) mass is 260 g/mol. The SMILES string of the molecule is CNC(c1ccccc1)C(C)CN1CCCC1(C)C. The first kappa shape index (κ1) is 14.5. The van der Waals surface area contributed by atoms with Crippen LogP contribution in [0.5, 0.6) is 0 Å². The predicted octanol–water partition coefficient (Wildman–Crippen LogP) is 3.46. The van der Waals surface area contributed by atoms with Gasteiger partial charge in [0.1, 0.15) is 0 Å². The summed E-state index contributed by atoms with van der Waals surface area (Å²) in [4.78, 5) is 2.66. The summed E-state index contributed by atoms with van der Waals surface area (Å²) in [5, 5.41) is 3.49. The summed E-state index contributed by atoms with van der Waals surface area (Å²) >= 11 is 0. The van der Waals surface area contributed by atoms with E-state index in [1.807, 2.05) is 0 Å². The fourth-order valence-corrected chi connectivity index (χ4v) is 3.39. The normalized spacial score (nSPS) is 22.3. The van der Waals surface area contributed by atoms with Crippen molar-refractivity contribution in [1.29, 1.82) is 0 Å². The molecular formula is C17H28N2. The van der Waals surface area contributed by atoms with E-state index in [0.29, 0.717) is 17.5 Å². The van der Waals surface area contributed by atoms with Crippen molar-refractivity contribution < 1.29 is 0 Å². The molecule has 1 aliphatic rings. The number of hydrogen-bond acceptors (Lipinski definition) is 2. The van der Waals surface area contributed by atoms with Gasteiger partial charge in [0.05, 0.1) is 0 Å². The highest BCUT2D eigenvalue weighted by molar-refractivity contribution is 5.19. The van der Waals surface area contributed by atoms with Gasteiger partial charge in [-0.3, -0.25) is 4.90 Å². The molecule has 1 N–H and O–H groups in total. The summed E-state index contributed by atoms with van der Waals surface area (Å²) in [7, 11) is 2.07. The maximum atomic E-state index is 3.49. The van der Waals surface area contributed by atoms with Crippen LogP contribution < -0.4 is 5.32 Å². The molecule has 0 amide bonds. The second-order valence-electron chi connectivity index (χ2n) is 6.52. The number of rotatable bonds is 5. The number of nitrogens with zero attached hydrogens (tertiary/aromatic N) is 1. The van der Waals surface area contributed by atoms with Crippen LogP contribution in [0, 0.1) is 5.92 Å². The van der Waals surface area contributed by atoms with E-state index in [1.165, 1.54) is 31.5 Å². The average molecular weight is 260 g/mol. The van der Waals surface area contributed by atoms with Crippen molar-refractivity contribution in [3.63, 3.8) is 0 Å². The molecule has 2 heteroatoms. The Morgan fingerprint density at radius 1 is 1.26 bits per heavy atom. The molecule has 1 saturated heterocycles. The number of hydrogen-bond donors (Lipinski definition) is 1. The average Bonchev–Trinajstić information content (AvgIpc) is 2.71. The number of nitrogens with one attached hydrogen (secondary N) is 1. The van der Waals surface area contributed by atoms with Crippen molar-refractivity contribution in [2.24, 2.45) is 5.92 Å². The third-order valence-electron chi connectivity index (χ3n) is 4.62. The molecule has 19 heavy (non-hydrogen) atoms. The lowest BCUT2D eigenvalue weighted by Crippen LogP contribution is -2.43. The van der Waals surface area contributed by atoms with E-state index < -0.39 is 0 Å². The van der Waals surface area contributed by atoms with E-state index in [0.717, 1.165) is 0 Å². The van der Waals surface area contributed by atoms with Gasteiger partial charge in [0.25, 0.3) is 0 Å². The van der Waals surface area contributed by atoms with Gasteiger partial charge in [-0.15, -0.1) is 0 Å². The molecule has 1 aliphatic heterocycles. The zero-order valence-corrected chi connectivity index (χ0v) is 12.8. The molecule has 2 atom stereocenters. The topological polar surface area (TPSA) is 15.3 Å². The van der Waals surface area contributed by atoms with Crippen LogP contribution >= 0.6 is 0 Å². The molecule has 1 fully saturated rings. The summed E-state index contributed by atoms with van der Waals surface area (Å²) < 4.78 is 0. The molecular weight excluding hydrogens is 232 g/mol. The second kappa shape index (κ2) is 6.06. The van der Waals surface area contributed by atoms with Crippen LogP contribution in [-0.2, 0) is 0 Å². The molecule has 2 rings (SSSR count). The minimum absolute atomic E-state index is 0.378. The predicted molar refractivity (Wildman–Crippen MR) is 82.3 cm³/mol. The van der Waals surface area contributed by atoms with Gasteiger partial charge in [0, 0.05) is 18.1 Å². The Balaban J connectivity index is 2.03. The van der Waals surface area contributed by atoms with Crippen LogP contribution in [0.15, 0.2) is 30.3 Å². The van der Waals surface area contributed by atoms with Crippen molar-refractivity contribution in [3.05, 3.63) is 35.9 Å². The lowest BCUT2D eigenvalue weighted by molar-refractivity contribution is 0.139. The molecule has 0 aromatic heterocycles. The fourth-order valence-electron chi connectivity index (χ4n) is 3.39. The first-order chi connectivity index (χ1) is 9.04. The van der Waals surface area contributed by atoms with Gasteiger partial charge < -0.3 is 5.32 Å². The van der Waals surface area contributed by atoms with E-state index in [-0.39, 0.29) is 0 Å². The molecule has 0 bridgehead atoms. The molecule has 1 aromatic carbocycles. The van der Waals surface area contributed by atoms with Gasteiger partial charge in [-0.25, -0.2) is 0 Å². The second-order valence-corrected chi connectivity index (χ2v) is 6.52. The van der Waals surface area contributed by atoms with Gasteiger partial charge in [0.15, 0.2) is 0 Å². The highest BCUT2D eigenvalue weighted by Crippen LogP contribution is 2.31. The van der Waals surface area contributed by atoms with Crippen LogP contribution in [0.4, 0.5) is 0 Å². The van der Waals surface area contributed by atoms with Crippen molar-refractivity contribution in [2.75, 3.05) is 20.1 Å². The fraction of sp³-hybridized carbons (Fsp3) is 0.647. The molecule has 2 nitrogen and oxygen atoms in total. The zero-order valence-electron chi connectivity index (χ0n) is 12.8. The Labute approximate surface area is 118 Å². The molecule has 0 saturated carbocycles. The summed E-state index contributed by atoms with van der Waals surface area (Å²) in [6, 6.07) is 11.3. The van der Waals surface area contributed by atoms with E-state index >= 15 is 0 Å². The van der Waals surface area contributed by atoms with Crippen molar-refractivity contribution in [2.45, 2.75) is 45.2 Å². The molecule has 0 radical (unpaired) electrons. The van der Waals surface area contributed by atoms with Gasteiger partial charge >= 0.3 is 0 Å². The minimum Gasteiger partial charge on any atom is -0.313 e. The molecule has 2 unspecified atom stereocenters. The summed E-state index contributed by atoms with van der Waals surface area (Å²) in [6.07, 6.45) is 2.67. The summed E-state index contributed by atoms with van der Waals surface area (Å²) in [6.45, 7) is 9.55. The molecule has 0 spiro atoms. The Kier molecular flexibility index (Phi) is 4.64. The Morgan fingerprint density at radius 2 is 1.95 bits per heavy atom. The van der Waals surface area contributed by atoms with E-state index in [9.17, 15) is 0 Å². The molecule has 1 heterocycles. The Bertz CT molecular complexity index is 386. The van der Waals surface area contributed by atoms with Crippen LogP contribution in [0.25, 0.3) is 0 Å². The summed E-state index contributed by atoms with van der Waals surface area (Å²) in [5.41, 5.74) is 1.78. The van der Waals surface area contributed by atoms with Crippen molar-refractivity contribution in [1.82, 2.24) is 10.2 Å². The summed E-state index contributed by atoms with van der Waals surface area (Å²) in [5.74, 6) is 0.616. The smallest absolute Gasteiger partial charge is 0.0355 e. The first-order valence-electron chi connectivity index (χ1n) is 7.52. The van der Waals surface area contributed by atoms with Gasteiger partial charge in [-0.2, -0.15) is 0 Å². The molecule has 106 valence electrons. The van der Waals surface area contributed by atoms with Gasteiger partial charge in [-0.1, -0.05) is 37.3 Å². The molecule has 1 aromatic rings. The van der Waals surface area contributed by atoms with Crippen LogP contribution in [-0.4, -0.2) is 30.6 Å².